The molecule has 0 saturated carbocycles. The molecule has 5 nitrogen and oxygen atoms in total. The Kier molecular flexibility index (Phi) is 3.36. The number of imidazole rings is 1. The number of aryl methyl sites for hydroxylation is 1. The Labute approximate surface area is 98.3 Å². The van der Waals surface area contributed by atoms with Crippen LogP contribution in [-0.2, 0) is 6.42 Å². The van der Waals surface area contributed by atoms with Gasteiger partial charge in [-0.2, -0.15) is 0 Å². The average molecular weight is 238 g/mol. The maximum atomic E-state index is 5.75. The normalized spacial score (nSPS) is 10.4. The van der Waals surface area contributed by atoms with Gasteiger partial charge in [-0.25, -0.2) is 15.0 Å². The Bertz CT molecular complexity index is 434. The van der Waals surface area contributed by atoms with Crippen molar-refractivity contribution in [3.8, 4) is 0 Å². The van der Waals surface area contributed by atoms with Gasteiger partial charge in [0.05, 0.1) is 6.33 Å². The maximum absolute atomic E-state index is 5.75. The van der Waals surface area contributed by atoms with Crippen LogP contribution in [0.1, 0.15) is 11.4 Å². The summed E-state index contributed by atoms with van der Waals surface area (Å²) >= 11 is 5.75. The predicted octanol–water partition coefficient (Wildman–Crippen LogP) is 1.82. The number of hydrogen-bond donors (Lipinski definition) is 2. The first-order chi connectivity index (χ1) is 7.74. The van der Waals surface area contributed by atoms with Crippen molar-refractivity contribution in [3.63, 3.8) is 0 Å². The first-order valence-corrected chi connectivity index (χ1v) is 5.34. The summed E-state index contributed by atoms with van der Waals surface area (Å²) in [6.45, 7) is 2.66. The fourth-order valence-corrected chi connectivity index (χ4v) is 1.59. The summed E-state index contributed by atoms with van der Waals surface area (Å²) in [6, 6.07) is 1.86. The van der Waals surface area contributed by atoms with Crippen molar-refractivity contribution in [1.82, 2.24) is 19.9 Å². The molecule has 0 saturated heterocycles. The van der Waals surface area contributed by atoms with Gasteiger partial charge in [0.1, 0.15) is 5.82 Å². The minimum Gasteiger partial charge on any atom is -0.370 e. The molecule has 2 N–H and O–H groups in total. The zero-order valence-corrected chi connectivity index (χ0v) is 9.62. The summed E-state index contributed by atoms with van der Waals surface area (Å²) in [5, 5.41) is 3.45. The lowest BCUT2D eigenvalue weighted by Gasteiger charge is -2.05. The number of halogens is 1. The predicted molar refractivity (Wildman–Crippen MR) is 62.6 cm³/mol. The second kappa shape index (κ2) is 4.94. The number of anilines is 1. The van der Waals surface area contributed by atoms with Crippen LogP contribution >= 0.6 is 11.6 Å². The average Bonchev–Trinajstić information content (AvgIpc) is 2.69. The Hall–Kier alpha value is -1.62. The zero-order chi connectivity index (χ0) is 11.4. The van der Waals surface area contributed by atoms with Crippen molar-refractivity contribution in [3.05, 3.63) is 35.3 Å². The Morgan fingerprint density at radius 2 is 2.31 bits per heavy atom. The van der Waals surface area contributed by atoms with Gasteiger partial charge in [0, 0.05) is 36.6 Å². The number of hydrogen-bond acceptors (Lipinski definition) is 4. The van der Waals surface area contributed by atoms with Crippen molar-refractivity contribution in [2.24, 2.45) is 0 Å². The first-order valence-electron chi connectivity index (χ1n) is 4.96. The van der Waals surface area contributed by atoms with Crippen LogP contribution in [0.4, 0.5) is 5.82 Å². The molecule has 0 spiro atoms. The lowest BCUT2D eigenvalue weighted by atomic mass is 10.3. The standard InChI is InChI=1S/C10H12ClN5/c1-7-4-9(16-10(11)15-7)13-3-2-8-5-12-6-14-8/h4-6H,2-3H2,1H3,(H,12,14)(H,13,15,16). The summed E-state index contributed by atoms with van der Waals surface area (Å²) < 4.78 is 0. The number of nitrogens with zero attached hydrogens (tertiary/aromatic N) is 3. The van der Waals surface area contributed by atoms with Gasteiger partial charge >= 0.3 is 0 Å². The van der Waals surface area contributed by atoms with E-state index in [1.54, 1.807) is 12.5 Å². The van der Waals surface area contributed by atoms with E-state index >= 15 is 0 Å². The summed E-state index contributed by atoms with van der Waals surface area (Å²) in [5.74, 6) is 0.747. The lowest BCUT2D eigenvalue weighted by molar-refractivity contribution is 0.961. The molecule has 2 aromatic heterocycles. The van der Waals surface area contributed by atoms with Crippen LogP contribution in [0.5, 0.6) is 0 Å². The topological polar surface area (TPSA) is 66.5 Å². The van der Waals surface area contributed by atoms with Gasteiger partial charge in [0.15, 0.2) is 0 Å². The molecule has 0 fully saturated rings. The molecule has 2 aromatic rings. The van der Waals surface area contributed by atoms with E-state index in [-0.39, 0.29) is 5.28 Å². The van der Waals surface area contributed by atoms with Crippen LogP contribution in [0, 0.1) is 6.92 Å². The minimum absolute atomic E-state index is 0.268. The van der Waals surface area contributed by atoms with Gasteiger partial charge in [0.2, 0.25) is 5.28 Å². The molecule has 0 aliphatic carbocycles. The molecular weight excluding hydrogens is 226 g/mol. The third-order valence-electron chi connectivity index (χ3n) is 2.08. The largest absolute Gasteiger partial charge is 0.370 e. The second-order valence-corrected chi connectivity index (χ2v) is 3.76. The highest BCUT2D eigenvalue weighted by molar-refractivity contribution is 6.28. The molecule has 84 valence electrons. The fourth-order valence-electron chi connectivity index (χ4n) is 1.37. The highest BCUT2D eigenvalue weighted by Gasteiger charge is 1.99. The van der Waals surface area contributed by atoms with E-state index in [9.17, 15) is 0 Å². The third-order valence-corrected chi connectivity index (χ3v) is 2.25. The van der Waals surface area contributed by atoms with E-state index in [0.717, 1.165) is 30.2 Å². The molecule has 0 radical (unpaired) electrons. The quantitative estimate of drug-likeness (QED) is 0.796. The summed E-state index contributed by atoms with van der Waals surface area (Å²) in [4.78, 5) is 15.0. The molecule has 2 rings (SSSR count). The van der Waals surface area contributed by atoms with Crippen molar-refractivity contribution in [1.29, 1.82) is 0 Å². The van der Waals surface area contributed by atoms with E-state index in [2.05, 4.69) is 25.3 Å². The number of rotatable bonds is 4. The SMILES string of the molecule is Cc1cc(NCCc2cnc[nH]2)nc(Cl)n1. The highest BCUT2D eigenvalue weighted by Crippen LogP contribution is 2.09. The van der Waals surface area contributed by atoms with Crippen LogP contribution in [0.25, 0.3) is 0 Å². The molecule has 0 bridgehead atoms. The molecule has 0 unspecified atom stereocenters. The van der Waals surface area contributed by atoms with Crippen LogP contribution in [0.2, 0.25) is 5.28 Å². The Morgan fingerprint density at radius 3 is 3.00 bits per heavy atom. The van der Waals surface area contributed by atoms with Gasteiger partial charge in [-0.3, -0.25) is 0 Å². The van der Waals surface area contributed by atoms with Gasteiger partial charge in [-0.05, 0) is 18.5 Å². The number of H-pyrrole nitrogens is 1. The molecule has 0 aliphatic rings. The summed E-state index contributed by atoms with van der Waals surface area (Å²) in [6.07, 6.45) is 4.33. The first kappa shape index (κ1) is 10.9. The maximum Gasteiger partial charge on any atom is 0.224 e. The van der Waals surface area contributed by atoms with Crippen LogP contribution in [-0.4, -0.2) is 26.5 Å². The number of nitrogens with one attached hydrogen (secondary N) is 2. The molecule has 0 atom stereocenters. The van der Waals surface area contributed by atoms with Crippen molar-refractivity contribution >= 4 is 17.4 Å². The van der Waals surface area contributed by atoms with Crippen LogP contribution in [0.3, 0.4) is 0 Å². The number of aromatic amines is 1. The van der Waals surface area contributed by atoms with E-state index < -0.39 is 0 Å². The lowest BCUT2D eigenvalue weighted by Crippen LogP contribution is -2.07. The minimum atomic E-state index is 0.268. The Balaban J connectivity index is 1.89. The molecule has 0 aromatic carbocycles. The Morgan fingerprint density at radius 1 is 1.44 bits per heavy atom. The fraction of sp³-hybridized carbons (Fsp3) is 0.300. The van der Waals surface area contributed by atoms with E-state index in [1.807, 2.05) is 13.0 Å². The van der Waals surface area contributed by atoms with Crippen molar-refractivity contribution in [2.45, 2.75) is 13.3 Å². The van der Waals surface area contributed by atoms with Gasteiger partial charge in [0.25, 0.3) is 0 Å². The molecule has 0 aliphatic heterocycles. The zero-order valence-electron chi connectivity index (χ0n) is 8.87. The van der Waals surface area contributed by atoms with Gasteiger partial charge in [-0.1, -0.05) is 0 Å². The second-order valence-electron chi connectivity index (χ2n) is 3.42. The molecule has 2 heterocycles. The number of aromatic nitrogens is 4. The van der Waals surface area contributed by atoms with Crippen molar-refractivity contribution < 1.29 is 0 Å². The van der Waals surface area contributed by atoms with Gasteiger partial charge < -0.3 is 10.3 Å². The smallest absolute Gasteiger partial charge is 0.224 e. The molecule has 6 heteroatoms. The summed E-state index contributed by atoms with van der Waals surface area (Å²) in [7, 11) is 0. The van der Waals surface area contributed by atoms with Crippen LogP contribution in [0.15, 0.2) is 18.6 Å². The highest BCUT2D eigenvalue weighted by atomic mass is 35.5. The van der Waals surface area contributed by atoms with E-state index in [0.29, 0.717) is 0 Å². The van der Waals surface area contributed by atoms with Crippen molar-refractivity contribution in [2.75, 3.05) is 11.9 Å². The van der Waals surface area contributed by atoms with Crippen LogP contribution < -0.4 is 5.32 Å². The van der Waals surface area contributed by atoms with Gasteiger partial charge in [-0.15, -0.1) is 0 Å². The molecule has 16 heavy (non-hydrogen) atoms. The van der Waals surface area contributed by atoms with E-state index in [4.69, 9.17) is 11.6 Å². The monoisotopic (exact) mass is 237 g/mol. The molecular formula is C10H12ClN5. The van der Waals surface area contributed by atoms with E-state index in [1.165, 1.54) is 0 Å². The third kappa shape index (κ3) is 2.93. The molecule has 0 amide bonds. The summed E-state index contributed by atoms with van der Waals surface area (Å²) in [5.41, 5.74) is 1.94.